The molecule has 16 heavy (non-hydrogen) atoms. The summed E-state index contributed by atoms with van der Waals surface area (Å²) in [4.78, 5) is 8.47. The van der Waals surface area contributed by atoms with E-state index in [9.17, 15) is 5.11 Å². The predicted octanol–water partition coefficient (Wildman–Crippen LogP) is -0.294. The highest BCUT2D eigenvalue weighted by Gasteiger charge is 2.32. The topological polar surface area (TPSA) is 65.1 Å². The third kappa shape index (κ3) is 3.64. The van der Waals surface area contributed by atoms with Crippen molar-refractivity contribution in [2.24, 2.45) is 10.7 Å². The number of hydrogen-bond acceptors (Lipinski definition) is 3. The summed E-state index contributed by atoms with van der Waals surface area (Å²) < 4.78 is 0. The average Bonchev–Trinajstić information content (AvgIpc) is 2.44. The van der Waals surface area contributed by atoms with Crippen LogP contribution in [0.3, 0.4) is 0 Å². The molecule has 0 aromatic carbocycles. The molecule has 1 aliphatic heterocycles. The van der Waals surface area contributed by atoms with Crippen LogP contribution in [0.25, 0.3) is 0 Å². The Labute approximate surface area is 97.9 Å². The highest BCUT2D eigenvalue weighted by Crippen LogP contribution is 2.18. The van der Waals surface area contributed by atoms with E-state index in [-0.39, 0.29) is 18.2 Å². The molecule has 2 atom stereocenters. The maximum atomic E-state index is 9.70. The summed E-state index contributed by atoms with van der Waals surface area (Å²) in [6.07, 6.45) is 0.484. The van der Waals surface area contributed by atoms with Crippen molar-refractivity contribution in [3.05, 3.63) is 0 Å². The molecule has 0 aromatic rings. The minimum Gasteiger partial charge on any atom is -0.391 e. The van der Waals surface area contributed by atoms with Crippen molar-refractivity contribution in [2.45, 2.75) is 38.5 Å². The fourth-order valence-electron chi connectivity index (χ4n) is 2.11. The van der Waals surface area contributed by atoms with Gasteiger partial charge >= 0.3 is 0 Å². The Morgan fingerprint density at radius 3 is 2.69 bits per heavy atom. The van der Waals surface area contributed by atoms with Crippen molar-refractivity contribution in [1.82, 2.24) is 9.80 Å². The van der Waals surface area contributed by atoms with Gasteiger partial charge in [-0.05, 0) is 34.4 Å². The molecule has 94 valence electrons. The Balaban J connectivity index is 2.69. The number of aliphatic imine (C=N–C) groups is 1. The lowest BCUT2D eigenvalue weighted by Gasteiger charge is -2.27. The van der Waals surface area contributed by atoms with Crippen molar-refractivity contribution in [2.75, 3.05) is 27.2 Å². The summed E-state index contributed by atoms with van der Waals surface area (Å²) >= 11 is 0. The van der Waals surface area contributed by atoms with Gasteiger partial charge in [-0.2, -0.15) is 0 Å². The van der Waals surface area contributed by atoms with E-state index in [2.05, 4.69) is 9.89 Å². The maximum absolute atomic E-state index is 9.70. The number of guanidine groups is 1. The van der Waals surface area contributed by atoms with Crippen LogP contribution in [-0.4, -0.2) is 66.2 Å². The Kier molecular flexibility index (Phi) is 4.56. The molecule has 5 nitrogen and oxygen atoms in total. The van der Waals surface area contributed by atoms with Crippen molar-refractivity contribution in [1.29, 1.82) is 0 Å². The van der Waals surface area contributed by atoms with Crippen LogP contribution in [0.15, 0.2) is 4.99 Å². The maximum Gasteiger partial charge on any atom is 0.191 e. The molecule has 0 radical (unpaired) electrons. The molecule has 1 aliphatic rings. The fourth-order valence-corrected chi connectivity index (χ4v) is 2.11. The third-order valence-corrected chi connectivity index (χ3v) is 2.65. The van der Waals surface area contributed by atoms with Gasteiger partial charge in [-0.25, -0.2) is 0 Å². The number of nitrogens with two attached hydrogens (primary N) is 1. The number of rotatable bonds is 3. The minimum absolute atomic E-state index is 0.192. The van der Waals surface area contributed by atoms with E-state index in [0.717, 1.165) is 13.0 Å². The first kappa shape index (κ1) is 13.3. The quantitative estimate of drug-likeness (QED) is 0.514. The van der Waals surface area contributed by atoms with Gasteiger partial charge in [-0.1, -0.05) is 0 Å². The largest absolute Gasteiger partial charge is 0.391 e. The van der Waals surface area contributed by atoms with Crippen LogP contribution in [0.4, 0.5) is 0 Å². The normalized spacial score (nSPS) is 27.2. The van der Waals surface area contributed by atoms with E-state index in [1.165, 1.54) is 0 Å². The fraction of sp³-hybridized carbons (Fsp3) is 0.909. The van der Waals surface area contributed by atoms with Crippen LogP contribution in [0, 0.1) is 0 Å². The van der Waals surface area contributed by atoms with E-state index in [1.54, 1.807) is 0 Å². The van der Waals surface area contributed by atoms with Gasteiger partial charge in [0.05, 0.1) is 6.10 Å². The summed E-state index contributed by atoms with van der Waals surface area (Å²) in [5.41, 5.74) is 5.95. The van der Waals surface area contributed by atoms with Crippen molar-refractivity contribution in [3.63, 3.8) is 0 Å². The van der Waals surface area contributed by atoms with Gasteiger partial charge in [0.1, 0.15) is 0 Å². The highest BCUT2D eigenvalue weighted by molar-refractivity contribution is 5.79. The number of aliphatic hydroxyl groups is 1. The molecule has 0 saturated carbocycles. The minimum atomic E-state index is -0.286. The standard InChI is InChI=1S/C11H24N4O/c1-8(2)13-11(12)15-7-10(16)5-9(15)6-14(3)4/h8-10,16H,5-7H2,1-4H3,(H2,12,13). The zero-order chi connectivity index (χ0) is 12.3. The summed E-state index contributed by atoms with van der Waals surface area (Å²) in [7, 11) is 4.05. The summed E-state index contributed by atoms with van der Waals surface area (Å²) in [6.45, 7) is 5.49. The first-order valence-electron chi connectivity index (χ1n) is 5.83. The molecule has 0 bridgehead atoms. The van der Waals surface area contributed by atoms with E-state index < -0.39 is 0 Å². The number of β-amino-alcohol motifs (C(OH)–C–C–N with tert-alkyl or cyclic N) is 1. The molecule has 0 aliphatic carbocycles. The van der Waals surface area contributed by atoms with E-state index in [4.69, 9.17) is 5.73 Å². The van der Waals surface area contributed by atoms with Gasteiger partial charge < -0.3 is 20.6 Å². The lowest BCUT2D eigenvalue weighted by molar-refractivity contribution is 0.187. The van der Waals surface area contributed by atoms with Crippen LogP contribution in [0.5, 0.6) is 0 Å². The van der Waals surface area contributed by atoms with Crippen LogP contribution >= 0.6 is 0 Å². The van der Waals surface area contributed by atoms with Gasteiger partial charge in [-0.15, -0.1) is 0 Å². The van der Waals surface area contributed by atoms with Gasteiger partial charge in [0.15, 0.2) is 5.96 Å². The number of nitrogens with zero attached hydrogens (tertiary/aromatic N) is 3. The zero-order valence-electron chi connectivity index (χ0n) is 10.7. The number of likely N-dealkylation sites (N-methyl/N-ethyl adjacent to an activating group) is 1. The number of likely N-dealkylation sites (tertiary alicyclic amines) is 1. The molecule has 1 heterocycles. The highest BCUT2D eigenvalue weighted by atomic mass is 16.3. The predicted molar refractivity (Wildman–Crippen MR) is 66.4 cm³/mol. The van der Waals surface area contributed by atoms with Crippen LogP contribution < -0.4 is 5.73 Å². The first-order chi connectivity index (χ1) is 7.40. The number of hydrogen-bond donors (Lipinski definition) is 2. The molecule has 0 spiro atoms. The van der Waals surface area contributed by atoms with Crippen LogP contribution in [0.2, 0.25) is 0 Å². The second-order valence-corrected chi connectivity index (χ2v) is 5.04. The second kappa shape index (κ2) is 5.50. The molecule has 0 amide bonds. The van der Waals surface area contributed by atoms with Crippen LogP contribution in [0.1, 0.15) is 20.3 Å². The lowest BCUT2D eigenvalue weighted by atomic mass is 10.2. The Hall–Kier alpha value is -0.810. The summed E-state index contributed by atoms with van der Waals surface area (Å²) in [5, 5.41) is 9.70. The van der Waals surface area contributed by atoms with E-state index in [0.29, 0.717) is 12.5 Å². The Bertz CT molecular complexity index is 252. The Morgan fingerprint density at radius 1 is 1.56 bits per heavy atom. The van der Waals surface area contributed by atoms with Crippen molar-refractivity contribution >= 4 is 5.96 Å². The molecule has 3 N–H and O–H groups in total. The number of aliphatic hydroxyl groups excluding tert-OH is 1. The lowest BCUT2D eigenvalue weighted by Crippen LogP contribution is -2.45. The SMILES string of the molecule is CC(C)N=C(N)N1CC(O)CC1CN(C)C. The summed E-state index contributed by atoms with van der Waals surface area (Å²) in [5.74, 6) is 0.554. The van der Waals surface area contributed by atoms with Crippen LogP contribution in [-0.2, 0) is 0 Å². The first-order valence-corrected chi connectivity index (χ1v) is 5.83. The third-order valence-electron chi connectivity index (χ3n) is 2.65. The molecule has 5 heteroatoms. The van der Waals surface area contributed by atoms with E-state index >= 15 is 0 Å². The van der Waals surface area contributed by atoms with Gasteiger partial charge in [0, 0.05) is 25.2 Å². The molecule has 1 fully saturated rings. The van der Waals surface area contributed by atoms with Gasteiger partial charge in [0.25, 0.3) is 0 Å². The molecular formula is C11H24N4O. The monoisotopic (exact) mass is 228 g/mol. The molecular weight excluding hydrogens is 204 g/mol. The van der Waals surface area contributed by atoms with Gasteiger partial charge in [-0.3, -0.25) is 4.99 Å². The van der Waals surface area contributed by atoms with Crippen molar-refractivity contribution in [3.8, 4) is 0 Å². The van der Waals surface area contributed by atoms with Gasteiger partial charge in [0.2, 0.25) is 0 Å². The zero-order valence-corrected chi connectivity index (χ0v) is 10.7. The molecule has 0 aromatic heterocycles. The smallest absolute Gasteiger partial charge is 0.191 e. The summed E-state index contributed by atoms with van der Waals surface area (Å²) in [6, 6.07) is 0.463. The molecule has 2 unspecified atom stereocenters. The average molecular weight is 228 g/mol. The molecule has 1 rings (SSSR count). The van der Waals surface area contributed by atoms with Crippen molar-refractivity contribution < 1.29 is 5.11 Å². The Morgan fingerprint density at radius 2 is 2.19 bits per heavy atom. The second-order valence-electron chi connectivity index (χ2n) is 5.04. The van der Waals surface area contributed by atoms with E-state index in [1.807, 2.05) is 32.8 Å². The molecule has 1 saturated heterocycles.